The van der Waals surface area contributed by atoms with Gasteiger partial charge in [0, 0.05) is 6.42 Å². The SMILES string of the molecule is CCC(O)Oc1cccc(C)c1. The van der Waals surface area contributed by atoms with Crippen LogP contribution in [0.1, 0.15) is 18.9 Å². The van der Waals surface area contributed by atoms with Gasteiger partial charge < -0.3 is 9.84 Å². The van der Waals surface area contributed by atoms with E-state index < -0.39 is 6.29 Å². The van der Waals surface area contributed by atoms with Gasteiger partial charge in [0.15, 0.2) is 6.29 Å². The van der Waals surface area contributed by atoms with Crippen LogP contribution in [0.3, 0.4) is 0 Å². The van der Waals surface area contributed by atoms with E-state index in [9.17, 15) is 5.11 Å². The highest BCUT2D eigenvalue weighted by molar-refractivity contribution is 5.27. The van der Waals surface area contributed by atoms with E-state index in [0.717, 1.165) is 11.3 Å². The van der Waals surface area contributed by atoms with Crippen molar-refractivity contribution in [2.45, 2.75) is 26.6 Å². The molecule has 0 amide bonds. The van der Waals surface area contributed by atoms with E-state index >= 15 is 0 Å². The summed E-state index contributed by atoms with van der Waals surface area (Å²) in [6.45, 7) is 3.87. The number of rotatable bonds is 3. The molecule has 2 heteroatoms. The van der Waals surface area contributed by atoms with Crippen LogP contribution in [0.15, 0.2) is 24.3 Å². The summed E-state index contributed by atoms with van der Waals surface area (Å²) in [5, 5.41) is 9.18. The van der Waals surface area contributed by atoms with E-state index in [-0.39, 0.29) is 0 Å². The second kappa shape index (κ2) is 4.12. The van der Waals surface area contributed by atoms with Gasteiger partial charge in [0.25, 0.3) is 0 Å². The number of aliphatic hydroxyl groups excluding tert-OH is 1. The minimum atomic E-state index is -0.688. The first-order valence-corrected chi connectivity index (χ1v) is 4.13. The summed E-state index contributed by atoms with van der Waals surface area (Å²) < 4.78 is 5.20. The van der Waals surface area contributed by atoms with E-state index in [0.29, 0.717) is 6.42 Å². The van der Waals surface area contributed by atoms with Crippen molar-refractivity contribution in [3.8, 4) is 5.75 Å². The van der Waals surface area contributed by atoms with Crippen molar-refractivity contribution < 1.29 is 9.84 Å². The third-order valence-electron chi connectivity index (χ3n) is 1.61. The van der Waals surface area contributed by atoms with Gasteiger partial charge in [-0.1, -0.05) is 19.1 Å². The van der Waals surface area contributed by atoms with Crippen LogP contribution < -0.4 is 4.74 Å². The molecule has 2 nitrogen and oxygen atoms in total. The predicted octanol–water partition coefficient (Wildman–Crippen LogP) is 2.10. The van der Waals surface area contributed by atoms with E-state index in [1.807, 2.05) is 38.1 Å². The average molecular weight is 166 g/mol. The zero-order valence-corrected chi connectivity index (χ0v) is 7.45. The summed E-state index contributed by atoms with van der Waals surface area (Å²) >= 11 is 0. The van der Waals surface area contributed by atoms with Crippen LogP contribution in [0.25, 0.3) is 0 Å². The lowest BCUT2D eigenvalue weighted by Gasteiger charge is -2.11. The molecule has 0 aromatic heterocycles. The lowest BCUT2D eigenvalue weighted by atomic mass is 10.2. The maximum atomic E-state index is 9.18. The van der Waals surface area contributed by atoms with Crippen LogP contribution in [-0.4, -0.2) is 11.4 Å². The molecule has 1 atom stereocenters. The van der Waals surface area contributed by atoms with E-state index in [1.54, 1.807) is 0 Å². The fraction of sp³-hybridized carbons (Fsp3) is 0.400. The third kappa shape index (κ3) is 2.55. The first-order chi connectivity index (χ1) is 5.72. The molecule has 0 aliphatic rings. The number of hydrogen-bond donors (Lipinski definition) is 1. The summed E-state index contributed by atoms with van der Waals surface area (Å²) in [5.74, 6) is 0.726. The number of ether oxygens (including phenoxy) is 1. The van der Waals surface area contributed by atoms with E-state index in [2.05, 4.69) is 0 Å². The molecule has 1 unspecified atom stereocenters. The van der Waals surface area contributed by atoms with Gasteiger partial charge in [0.2, 0.25) is 0 Å². The van der Waals surface area contributed by atoms with Crippen molar-refractivity contribution in [1.29, 1.82) is 0 Å². The van der Waals surface area contributed by atoms with Gasteiger partial charge in [-0.25, -0.2) is 0 Å². The quantitative estimate of drug-likeness (QED) is 0.697. The highest BCUT2D eigenvalue weighted by atomic mass is 16.6. The third-order valence-corrected chi connectivity index (χ3v) is 1.61. The number of benzene rings is 1. The van der Waals surface area contributed by atoms with Gasteiger partial charge in [-0.15, -0.1) is 0 Å². The standard InChI is InChI=1S/C10H14O2/c1-3-10(11)12-9-6-4-5-8(2)7-9/h4-7,10-11H,3H2,1-2H3. The van der Waals surface area contributed by atoms with Crippen LogP contribution in [-0.2, 0) is 0 Å². The van der Waals surface area contributed by atoms with Gasteiger partial charge in [-0.05, 0) is 24.6 Å². The zero-order valence-electron chi connectivity index (χ0n) is 7.45. The molecule has 0 bridgehead atoms. The Hall–Kier alpha value is -1.02. The van der Waals surface area contributed by atoms with Crippen molar-refractivity contribution in [2.75, 3.05) is 0 Å². The normalized spacial score (nSPS) is 12.6. The molecule has 1 aromatic carbocycles. The lowest BCUT2D eigenvalue weighted by Crippen LogP contribution is -2.13. The lowest BCUT2D eigenvalue weighted by molar-refractivity contribution is -0.0191. The minimum Gasteiger partial charge on any atom is -0.465 e. The Kier molecular flexibility index (Phi) is 3.11. The monoisotopic (exact) mass is 166 g/mol. The summed E-state index contributed by atoms with van der Waals surface area (Å²) in [5.41, 5.74) is 1.14. The van der Waals surface area contributed by atoms with Crippen molar-refractivity contribution in [3.05, 3.63) is 29.8 Å². The summed E-state index contributed by atoms with van der Waals surface area (Å²) in [6.07, 6.45) is -0.0830. The minimum absolute atomic E-state index is 0.605. The molecule has 0 fully saturated rings. The molecule has 66 valence electrons. The maximum Gasteiger partial charge on any atom is 0.197 e. The molecule has 1 aromatic rings. The van der Waals surface area contributed by atoms with Gasteiger partial charge in [0.1, 0.15) is 5.75 Å². The summed E-state index contributed by atoms with van der Waals surface area (Å²) in [7, 11) is 0. The van der Waals surface area contributed by atoms with E-state index in [4.69, 9.17) is 4.74 Å². The predicted molar refractivity (Wildman–Crippen MR) is 48.1 cm³/mol. The second-order valence-electron chi connectivity index (χ2n) is 2.80. The molecular formula is C10H14O2. The van der Waals surface area contributed by atoms with Crippen molar-refractivity contribution in [1.82, 2.24) is 0 Å². The topological polar surface area (TPSA) is 29.5 Å². The molecule has 0 heterocycles. The zero-order chi connectivity index (χ0) is 8.97. The Bertz CT molecular complexity index is 245. The van der Waals surface area contributed by atoms with Crippen molar-refractivity contribution >= 4 is 0 Å². The number of aliphatic hydroxyl groups is 1. The first kappa shape index (κ1) is 9.07. The van der Waals surface area contributed by atoms with E-state index in [1.165, 1.54) is 0 Å². The van der Waals surface area contributed by atoms with Gasteiger partial charge >= 0.3 is 0 Å². The van der Waals surface area contributed by atoms with Crippen molar-refractivity contribution in [2.24, 2.45) is 0 Å². The number of aryl methyl sites for hydroxylation is 1. The Morgan fingerprint density at radius 2 is 2.25 bits per heavy atom. The maximum absolute atomic E-state index is 9.18. The summed E-state index contributed by atoms with van der Waals surface area (Å²) in [6, 6.07) is 7.64. The second-order valence-corrected chi connectivity index (χ2v) is 2.80. The molecular weight excluding hydrogens is 152 g/mol. The Balaban J connectivity index is 2.63. The molecule has 1 rings (SSSR count). The average Bonchev–Trinajstić information content (AvgIpc) is 2.04. The van der Waals surface area contributed by atoms with Crippen molar-refractivity contribution in [3.63, 3.8) is 0 Å². The molecule has 0 aliphatic carbocycles. The molecule has 0 spiro atoms. The Labute approximate surface area is 72.8 Å². The van der Waals surface area contributed by atoms with Gasteiger partial charge in [-0.3, -0.25) is 0 Å². The summed E-state index contributed by atoms with van der Waals surface area (Å²) in [4.78, 5) is 0. The molecule has 12 heavy (non-hydrogen) atoms. The van der Waals surface area contributed by atoms with Crippen LogP contribution in [0, 0.1) is 6.92 Å². The smallest absolute Gasteiger partial charge is 0.197 e. The Morgan fingerprint density at radius 1 is 1.50 bits per heavy atom. The molecule has 1 N–H and O–H groups in total. The van der Waals surface area contributed by atoms with Gasteiger partial charge in [0.05, 0.1) is 0 Å². The van der Waals surface area contributed by atoms with Crippen LogP contribution in [0.2, 0.25) is 0 Å². The fourth-order valence-corrected chi connectivity index (χ4v) is 0.929. The van der Waals surface area contributed by atoms with Crippen LogP contribution in [0.5, 0.6) is 5.75 Å². The largest absolute Gasteiger partial charge is 0.465 e. The Morgan fingerprint density at radius 3 is 2.83 bits per heavy atom. The molecule has 0 saturated carbocycles. The fourth-order valence-electron chi connectivity index (χ4n) is 0.929. The molecule has 0 aliphatic heterocycles. The highest BCUT2D eigenvalue weighted by Gasteiger charge is 2.01. The number of hydrogen-bond acceptors (Lipinski definition) is 2. The molecule has 0 saturated heterocycles. The van der Waals surface area contributed by atoms with Gasteiger partial charge in [-0.2, -0.15) is 0 Å². The van der Waals surface area contributed by atoms with Crippen LogP contribution >= 0.6 is 0 Å². The first-order valence-electron chi connectivity index (χ1n) is 4.13. The van der Waals surface area contributed by atoms with Crippen LogP contribution in [0.4, 0.5) is 0 Å². The highest BCUT2D eigenvalue weighted by Crippen LogP contribution is 2.14. The molecule has 0 radical (unpaired) electrons.